The van der Waals surface area contributed by atoms with Crippen molar-refractivity contribution in [2.45, 2.75) is 129 Å². The maximum absolute atomic E-state index is 14.0. The molecule has 1 unspecified atom stereocenters. The van der Waals surface area contributed by atoms with E-state index in [4.69, 9.17) is 18.9 Å². The summed E-state index contributed by atoms with van der Waals surface area (Å²) < 4.78 is 25.7. The molecule has 8 nitrogen and oxygen atoms in total. The number of rotatable bonds is 2. The molecular formula is C36H52O8. The number of aliphatic hydroxyl groups is 3. The molecule has 0 aromatic heterocycles. The monoisotopic (exact) mass is 620 g/mol. The van der Waals surface area contributed by atoms with Gasteiger partial charge in [0.2, 0.25) is 0 Å². The molecule has 1 spiro atoms. The smallest absolute Gasteiger partial charge is 0.316 e. The van der Waals surface area contributed by atoms with Gasteiger partial charge < -0.3 is 34.3 Å². The van der Waals surface area contributed by atoms with Crippen molar-refractivity contribution in [2.75, 3.05) is 6.61 Å². The van der Waals surface area contributed by atoms with Crippen LogP contribution in [-0.2, 0) is 23.7 Å². The molecule has 3 fully saturated rings. The van der Waals surface area contributed by atoms with Crippen molar-refractivity contribution in [3.63, 3.8) is 0 Å². The fourth-order valence-electron chi connectivity index (χ4n) is 7.85. The molecule has 5 aliphatic rings. The highest BCUT2D eigenvalue weighted by atomic mass is 16.7. The number of carbonyl (C=O) groups is 1. The van der Waals surface area contributed by atoms with Crippen molar-refractivity contribution < 1.29 is 39.1 Å². The van der Waals surface area contributed by atoms with Gasteiger partial charge in [0.25, 0.3) is 0 Å². The van der Waals surface area contributed by atoms with Crippen LogP contribution in [0.3, 0.4) is 0 Å². The minimum absolute atomic E-state index is 0.109. The number of esters is 1. The van der Waals surface area contributed by atoms with E-state index in [1.807, 2.05) is 26.0 Å². The molecule has 4 heterocycles. The first-order chi connectivity index (χ1) is 20.7. The van der Waals surface area contributed by atoms with Gasteiger partial charge in [0, 0.05) is 25.2 Å². The van der Waals surface area contributed by atoms with E-state index in [-0.39, 0.29) is 43.5 Å². The van der Waals surface area contributed by atoms with Gasteiger partial charge in [-0.3, -0.25) is 4.79 Å². The van der Waals surface area contributed by atoms with E-state index in [9.17, 15) is 20.1 Å². The molecule has 3 saturated heterocycles. The van der Waals surface area contributed by atoms with Crippen LogP contribution in [0.4, 0.5) is 0 Å². The van der Waals surface area contributed by atoms with Gasteiger partial charge in [-0.25, -0.2) is 0 Å². The van der Waals surface area contributed by atoms with E-state index < -0.39 is 47.7 Å². The zero-order valence-corrected chi connectivity index (χ0v) is 27.4. The molecule has 0 saturated carbocycles. The largest absolute Gasteiger partial charge is 0.462 e. The van der Waals surface area contributed by atoms with Gasteiger partial charge >= 0.3 is 5.97 Å². The summed E-state index contributed by atoms with van der Waals surface area (Å²) in [5.41, 5.74) is 1.64. The number of ether oxygens (including phenoxy) is 4. The molecule has 2 bridgehead atoms. The van der Waals surface area contributed by atoms with E-state index in [0.29, 0.717) is 29.9 Å². The number of aliphatic hydroxyl groups excluding tert-OH is 2. The van der Waals surface area contributed by atoms with E-state index >= 15 is 0 Å². The number of hydrogen-bond acceptors (Lipinski definition) is 8. The molecule has 3 N–H and O–H groups in total. The predicted molar refractivity (Wildman–Crippen MR) is 167 cm³/mol. The van der Waals surface area contributed by atoms with Gasteiger partial charge in [0.15, 0.2) is 5.79 Å². The van der Waals surface area contributed by atoms with Crippen LogP contribution in [0.5, 0.6) is 0 Å². The lowest BCUT2D eigenvalue weighted by Crippen LogP contribution is -2.59. The van der Waals surface area contributed by atoms with Gasteiger partial charge in [-0.05, 0) is 62.2 Å². The molecular weight excluding hydrogens is 568 g/mol. The van der Waals surface area contributed by atoms with Crippen molar-refractivity contribution in [1.29, 1.82) is 0 Å². The Bertz CT molecular complexity index is 1240. The third-order valence-corrected chi connectivity index (χ3v) is 10.1. The average molecular weight is 621 g/mol. The lowest BCUT2D eigenvalue weighted by molar-refractivity contribution is -0.342. The third-order valence-electron chi connectivity index (χ3n) is 10.1. The molecule has 0 aromatic carbocycles. The Balaban J connectivity index is 1.52. The number of fused-ring (bicyclic) bond motifs is 2. The Hall–Kier alpha value is -2.07. The highest BCUT2D eigenvalue weighted by Crippen LogP contribution is 2.47. The molecule has 11 atom stereocenters. The lowest BCUT2D eigenvalue weighted by atomic mass is 9.71. The molecule has 1 aliphatic carbocycles. The Morgan fingerprint density at radius 1 is 1.14 bits per heavy atom. The molecule has 8 heteroatoms. The second-order valence-electron chi connectivity index (χ2n) is 14.4. The van der Waals surface area contributed by atoms with Crippen molar-refractivity contribution >= 4 is 5.97 Å². The second-order valence-corrected chi connectivity index (χ2v) is 14.4. The summed E-state index contributed by atoms with van der Waals surface area (Å²) in [5, 5.41) is 34.3. The molecule has 4 aliphatic heterocycles. The molecule has 0 amide bonds. The van der Waals surface area contributed by atoms with Crippen molar-refractivity contribution in [2.24, 2.45) is 23.7 Å². The Morgan fingerprint density at radius 2 is 1.89 bits per heavy atom. The maximum atomic E-state index is 14.0. The summed E-state index contributed by atoms with van der Waals surface area (Å²) >= 11 is 0. The summed E-state index contributed by atoms with van der Waals surface area (Å²) in [7, 11) is 0. The van der Waals surface area contributed by atoms with E-state index in [0.717, 1.165) is 12.0 Å². The fourth-order valence-corrected chi connectivity index (χ4v) is 7.85. The zero-order valence-electron chi connectivity index (χ0n) is 27.4. The minimum atomic E-state index is -1.74. The maximum Gasteiger partial charge on any atom is 0.316 e. The van der Waals surface area contributed by atoms with E-state index in [2.05, 4.69) is 45.9 Å². The molecule has 44 heavy (non-hydrogen) atoms. The second kappa shape index (κ2) is 13.0. The van der Waals surface area contributed by atoms with Gasteiger partial charge in [-0.1, -0.05) is 69.7 Å². The molecule has 0 radical (unpaired) electrons. The van der Waals surface area contributed by atoms with Crippen LogP contribution in [0.2, 0.25) is 0 Å². The van der Waals surface area contributed by atoms with Crippen molar-refractivity contribution in [3.05, 3.63) is 58.7 Å². The quantitative estimate of drug-likeness (QED) is 0.289. The first-order valence-corrected chi connectivity index (χ1v) is 16.4. The van der Waals surface area contributed by atoms with Crippen LogP contribution >= 0.6 is 0 Å². The molecule has 244 valence electrons. The number of hydrogen-bond donors (Lipinski definition) is 3. The van der Waals surface area contributed by atoms with Crippen LogP contribution in [0.15, 0.2) is 58.7 Å². The summed E-state index contributed by atoms with van der Waals surface area (Å²) in [6, 6.07) is 0. The van der Waals surface area contributed by atoms with Crippen LogP contribution in [-0.4, -0.2) is 75.9 Å². The van der Waals surface area contributed by atoms with E-state index in [1.54, 1.807) is 13.0 Å². The topological polar surface area (TPSA) is 115 Å². The average Bonchev–Trinajstić information content (AvgIpc) is 3.27. The van der Waals surface area contributed by atoms with Crippen LogP contribution in [0.25, 0.3) is 0 Å². The summed E-state index contributed by atoms with van der Waals surface area (Å²) in [6.45, 7) is 14.4. The van der Waals surface area contributed by atoms with Gasteiger partial charge in [-0.2, -0.15) is 0 Å². The fraction of sp³-hybridized carbons (Fsp3) is 0.694. The van der Waals surface area contributed by atoms with Gasteiger partial charge in [0.1, 0.15) is 29.8 Å². The normalized spacial score (nSPS) is 46.8. The lowest BCUT2D eigenvalue weighted by Gasteiger charge is -2.51. The van der Waals surface area contributed by atoms with Gasteiger partial charge in [0.05, 0.1) is 24.9 Å². The molecule has 0 aromatic rings. The Labute approximate surface area is 262 Å². The van der Waals surface area contributed by atoms with Crippen LogP contribution in [0.1, 0.15) is 80.6 Å². The summed E-state index contributed by atoms with van der Waals surface area (Å²) in [4.78, 5) is 14.0. The van der Waals surface area contributed by atoms with Crippen molar-refractivity contribution in [1.82, 2.24) is 0 Å². The van der Waals surface area contributed by atoms with E-state index in [1.165, 1.54) is 5.57 Å². The summed E-state index contributed by atoms with van der Waals surface area (Å²) in [6.07, 6.45) is 10.4. The Morgan fingerprint density at radius 3 is 2.61 bits per heavy atom. The van der Waals surface area contributed by atoms with Crippen molar-refractivity contribution in [3.8, 4) is 0 Å². The first-order valence-electron chi connectivity index (χ1n) is 16.4. The predicted octanol–water partition coefficient (Wildman–Crippen LogP) is 5.09. The zero-order chi connectivity index (χ0) is 32.0. The summed E-state index contributed by atoms with van der Waals surface area (Å²) in [5.74, 6) is -2.31. The van der Waals surface area contributed by atoms with Gasteiger partial charge in [-0.15, -0.1) is 0 Å². The SMILES string of the molecule is CC1=C[C@H]2C(=O)O[C@H]3C[C@@H](C/C=C(\C)C[C@@H](C)/C=C/C=C4\COC([C@@H]1O)[C@@]42O)O[C@]1(C3)C[C@H](O)[C@H](C)[C@@H](/C(C)=[14CH]/[14CH]([14CH3])[14CH3])O1. The Kier molecular flexibility index (Phi) is 9.82. The minimum Gasteiger partial charge on any atom is -0.462 e. The highest BCUT2D eigenvalue weighted by molar-refractivity contribution is 5.78. The highest BCUT2D eigenvalue weighted by Gasteiger charge is 2.60. The van der Waals surface area contributed by atoms with Crippen LogP contribution < -0.4 is 0 Å². The first kappa shape index (κ1) is 33.3. The standard InChI is InChI=1S/C36H52O8/c1-20(2)13-24(6)32-25(7)30(37)18-35(44-32)17-28-16-27(43-35)12-11-22(4)14-21(3)9-8-10-26-19-41-33-31(38)23(5)15-29(34(39)42-28)36(26,33)40/h8-11,13,15,20-21,25,27-33,37-38,40H,12,14,16-19H2,1-7H3/b9-8+,22-11+,24-13+,26-10+/t21-,25-,27+,28-,29-,30-,31+,32+,33?,35-,36+/m0/s1/i1+2,2+2,13+2,20+2. The van der Waals surface area contributed by atoms with Crippen LogP contribution in [0, 0.1) is 23.7 Å². The molecule has 5 rings (SSSR count). The third kappa shape index (κ3) is 6.58. The number of carbonyl (C=O) groups excluding carboxylic acids is 1. The number of allylic oxidation sites excluding steroid dienone is 5.